The van der Waals surface area contributed by atoms with E-state index in [1.165, 1.54) is 18.2 Å². The second-order valence-corrected chi connectivity index (χ2v) is 4.52. The fraction of sp³-hybridized carbons (Fsp3) is 0.417. The smallest absolute Gasteiger partial charge is 0.294 e. The highest BCUT2D eigenvalue weighted by Gasteiger charge is 2.29. The molecule has 1 aromatic carbocycles. The molecule has 3 N–H and O–H groups in total. The van der Waals surface area contributed by atoms with Gasteiger partial charge in [0.2, 0.25) is 0 Å². The number of anilines is 1. The Kier molecular flexibility index (Phi) is 4.16. The van der Waals surface area contributed by atoms with E-state index >= 15 is 0 Å². The molecule has 0 aromatic heterocycles. The minimum Gasteiger partial charge on any atom is -0.377 e. The summed E-state index contributed by atoms with van der Waals surface area (Å²) in [5.74, 6) is 5.05. The van der Waals surface area contributed by atoms with Crippen LogP contribution in [-0.4, -0.2) is 41.5 Å². The van der Waals surface area contributed by atoms with Gasteiger partial charge in [0.05, 0.1) is 29.7 Å². The summed E-state index contributed by atoms with van der Waals surface area (Å²) < 4.78 is 5.27. The second-order valence-electron chi connectivity index (χ2n) is 4.52. The fourth-order valence-electron chi connectivity index (χ4n) is 2.21. The van der Waals surface area contributed by atoms with Gasteiger partial charge in [-0.3, -0.25) is 20.8 Å². The van der Waals surface area contributed by atoms with Gasteiger partial charge in [-0.25, -0.2) is 0 Å². The second kappa shape index (κ2) is 5.85. The van der Waals surface area contributed by atoms with E-state index in [0.29, 0.717) is 19.8 Å². The molecule has 1 aliphatic rings. The molecular formula is C12H16N4O4. The number of nitrogens with zero attached hydrogens (tertiary/aromatic N) is 2. The van der Waals surface area contributed by atoms with Crippen LogP contribution in [0.25, 0.3) is 0 Å². The van der Waals surface area contributed by atoms with Gasteiger partial charge in [-0.2, -0.15) is 0 Å². The number of nitro groups is 1. The van der Waals surface area contributed by atoms with Gasteiger partial charge in [0.25, 0.3) is 11.6 Å². The van der Waals surface area contributed by atoms with Crippen molar-refractivity contribution >= 4 is 17.3 Å². The maximum absolute atomic E-state index is 12.5. The van der Waals surface area contributed by atoms with Crippen LogP contribution in [0.15, 0.2) is 18.2 Å². The number of benzene rings is 1. The third-order valence-electron chi connectivity index (χ3n) is 3.24. The van der Waals surface area contributed by atoms with E-state index in [2.05, 4.69) is 5.43 Å². The Balaban J connectivity index is 2.39. The predicted molar refractivity (Wildman–Crippen MR) is 72.2 cm³/mol. The summed E-state index contributed by atoms with van der Waals surface area (Å²) in [5.41, 5.74) is 2.26. The molecule has 1 fully saturated rings. The molecule has 1 aliphatic heterocycles. The molecule has 1 heterocycles. The Morgan fingerprint density at radius 2 is 2.35 bits per heavy atom. The maximum atomic E-state index is 12.5. The molecule has 2 rings (SSSR count). The van der Waals surface area contributed by atoms with Gasteiger partial charge in [0, 0.05) is 12.6 Å². The van der Waals surface area contributed by atoms with Crippen LogP contribution in [0.2, 0.25) is 0 Å². The fourth-order valence-corrected chi connectivity index (χ4v) is 2.21. The summed E-state index contributed by atoms with van der Waals surface area (Å²) in [6, 6.07) is 4.21. The minimum absolute atomic E-state index is 0.0289. The zero-order valence-corrected chi connectivity index (χ0v) is 11.0. The molecule has 0 spiro atoms. The van der Waals surface area contributed by atoms with Crippen molar-refractivity contribution in [3.05, 3.63) is 33.9 Å². The molecule has 0 saturated carbocycles. The lowest BCUT2D eigenvalue weighted by Crippen LogP contribution is -2.47. The summed E-state index contributed by atoms with van der Waals surface area (Å²) in [5, 5.41) is 11.0. The first-order valence-corrected chi connectivity index (χ1v) is 6.19. The van der Waals surface area contributed by atoms with Crippen LogP contribution in [0.1, 0.15) is 17.3 Å². The van der Waals surface area contributed by atoms with Crippen LogP contribution in [-0.2, 0) is 4.74 Å². The third kappa shape index (κ3) is 2.56. The largest absolute Gasteiger partial charge is 0.377 e. The Bertz CT molecular complexity index is 534. The zero-order chi connectivity index (χ0) is 14.7. The number of amides is 1. The van der Waals surface area contributed by atoms with Crippen molar-refractivity contribution in [3.63, 3.8) is 0 Å². The van der Waals surface area contributed by atoms with Crippen LogP contribution in [0.5, 0.6) is 0 Å². The Morgan fingerprint density at radius 3 is 2.95 bits per heavy atom. The number of carbonyl (C=O) groups excluding carboxylic acids is 1. The number of morpholine rings is 1. The van der Waals surface area contributed by atoms with Crippen LogP contribution in [0, 0.1) is 10.1 Å². The first kappa shape index (κ1) is 14.2. The Hall–Kier alpha value is -2.19. The summed E-state index contributed by atoms with van der Waals surface area (Å²) in [6.07, 6.45) is 0. The first-order chi connectivity index (χ1) is 9.56. The number of nitrogens with two attached hydrogens (primary N) is 1. The number of ether oxygens (including phenoxy) is 1. The summed E-state index contributed by atoms with van der Waals surface area (Å²) in [4.78, 5) is 24.5. The molecule has 8 heteroatoms. The van der Waals surface area contributed by atoms with Gasteiger partial charge < -0.3 is 15.1 Å². The van der Waals surface area contributed by atoms with Crippen molar-refractivity contribution in [1.29, 1.82) is 0 Å². The first-order valence-electron chi connectivity index (χ1n) is 6.19. The number of nitro benzene ring substituents is 1. The van der Waals surface area contributed by atoms with E-state index in [0.717, 1.165) is 0 Å². The average molecular weight is 280 g/mol. The summed E-state index contributed by atoms with van der Waals surface area (Å²) >= 11 is 0. The molecule has 8 nitrogen and oxygen atoms in total. The topological polar surface area (TPSA) is 111 Å². The molecule has 1 saturated heterocycles. The molecule has 0 radical (unpaired) electrons. The normalized spacial score (nSPS) is 18.7. The van der Waals surface area contributed by atoms with E-state index in [1.54, 1.807) is 4.90 Å². The monoisotopic (exact) mass is 280 g/mol. The quantitative estimate of drug-likeness (QED) is 0.480. The van der Waals surface area contributed by atoms with Crippen LogP contribution >= 0.6 is 0 Å². The lowest BCUT2D eigenvalue weighted by molar-refractivity contribution is -0.384. The number of nitrogens with one attached hydrogen (secondary N) is 1. The van der Waals surface area contributed by atoms with Gasteiger partial charge in [0.1, 0.15) is 5.69 Å². The number of rotatable bonds is 3. The van der Waals surface area contributed by atoms with E-state index in [-0.39, 0.29) is 28.9 Å². The number of nitrogen functional groups attached to an aromatic ring is 1. The number of hydrogen-bond acceptors (Lipinski definition) is 6. The highest BCUT2D eigenvalue weighted by atomic mass is 16.6. The van der Waals surface area contributed by atoms with Crippen molar-refractivity contribution in [1.82, 2.24) is 4.90 Å². The predicted octanol–water partition coefficient (Wildman–Crippen LogP) is 0.741. The molecule has 1 atom stereocenters. The number of hydrazine groups is 1. The summed E-state index contributed by atoms with van der Waals surface area (Å²) in [6.45, 7) is 3.22. The molecule has 108 valence electrons. The zero-order valence-electron chi connectivity index (χ0n) is 11.0. The van der Waals surface area contributed by atoms with Crippen LogP contribution < -0.4 is 11.3 Å². The number of hydrogen-bond donors (Lipinski definition) is 2. The van der Waals surface area contributed by atoms with Gasteiger partial charge in [-0.05, 0) is 13.0 Å². The molecule has 1 aromatic rings. The average Bonchev–Trinajstić information content (AvgIpc) is 2.46. The number of para-hydroxylation sites is 1. The van der Waals surface area contributed by atoms with Crippen molar-refractivity contribution in [2.45, 2.75) is 13.0 Å². The third-order valence-corrected chi connectivity index (χ3v) is 3.24. The Morgan fingerprint density at radius 1 is 1.60 bits per heavy atom. The van der Waals surface area contributed by atoms with E-state index in [4.69, 9.17) is 10.6 Å². The number of carbonyl (C=O) groups is 1. The van der Waals surface area contributed by atoms with E-state index in [1.807, 2.05) is 6.92 Å². The molecule has 0 aliphatic carbocycles. The molecule has 0 bridgehead atoms. The SMILES string of the molecule is CC1COCCN1C(=O)c1cccc([N+](=O)[O-])c1NN. The highest BCUT2D eigenvalue weighted by molar-refractivity contribution is 6.01. The van der Waals surface area contributed by atoms with Crippen LogP contribution in [0.3, 0.4) is 0 Å². The van der Waals surface area contributed by atoms with Crippen molar-refractivity contribution in [2.75, 3.05) is 25.2 Å². The van der Waals surface area contributed by atoms with E-state index < -0.39 is 4.92 Å². The standard InChI is InChI=1S/C12H16N4O4/c1-8-7-20-6-5-15(8)12(17)9-3-2-4-10(16(18)19)11(9)14-13/h2-4,8,14H,5-7,13H2,1H3. The lowest BCUT2D eigenvalue weighted by atomic mass is 10.1. The van der Waals surface area contributed by atoms with Gasteiger partial charge in [0.15, 0.2) is 0 Å². The minimum atomic E-state index is -0.575. The van der Waals surface area contributed by atoms with Crippen molar-refractivity contribution < 1.29 is 14.5 Å². The van der Waals surface area contributed by atoms with Gasteiger partial charge >= 0.3 is 0 Å². The molecule has 20 heavy (non-hydrogen) atoms. The molecular weight excluding hydrogens is 264 g/mol. The Labute approximate surface area is 115 Å². The highest BCUT2D eigenvalue weighted by Crippen LogP contribution is 2.29. The van der Waals surface area contributed by atoms with Crippen LogP contribution in [0.4, 0.5) is 11.4 Å². The molecule has 1 unspecified atom stereocenters. The van der Waals surface area contributed by atoms with E-state index in [9.17, 15) is 14.9 Å². The maximum Gasteiger partial charge on any atom is 0.294 e. The molecule has 1 amide bonds. The lowest BCUT2D eigenvalue weighted by Gasteiger charge is -2.33. The van der Waals surface area contributed by atoms with Gasteiger partial charge in [-0.15, -0.1) is 0 Å². The van der Waals surface area contributed by atoms with Crippen molar-refractivity contribution in [3.8, 4) is 0 Å². The van der Waals surface area contributed by atoms with Crippen molar-refractivity contribution in [2.24, 2.45) is 5.84 Å². The summed E-state index contributed by atoms with van der Waals surface area (Å²) in [7, 11) is 0. The van der Waals surface area contributed by atoms with Gasteiger partial charge in [-0.1, -0.05) is 6.07 Å².